The van der Waals surface area contributed by atoms with Crippen LogP contribution >= 0.6 is 0 Å². The first-order valence-electron chi connectivity index (χ1n) is 9.04. The molecule has 0 amide bonds. The molecule has 3 aromatic rings. The number of ether oxygens (including phenoxy) is 2. The van der Waals surface area contributed by atoms with Gasteiger partial charge >= 0.3 is 0 Å². The number of hydrogen-bond acceptors (Lipinski definition) is 8. The zero-order valence-electron chi connectivity index (χ0n) is 17.1. The molecule has 160 valence electrons. The molecule has 0 unspecified atom stereocenters. The highest BCUT2D eigenvalue weighted by molar-refractivity contribution is 7.85. The second-order valence-electron chi connectivity index (χ2n) is 6.38. The van der Waals surface area contributed by atoms with Crippen molar-refractivity contribution in [3.63, 3.8) is 0 Å². The Hall–Kier alpha value is -3.63. The van der Waals surface area contributed by atoms with E-state index in [0.717, 1.165) is 11.3 Å². The van der Waals surface area contributed by atoms with Crippen molar-refractivity contribution in [3.05, 3.63) is 66.2 Å². The fourth-order valence-corrected chi connectivity index (χ4v) is 3.11. The number of benzene rings is 3. The summed E-state index contributed by atoms with van der Waals surface area (Å²) >= 11 is 0. The van der Waals surface area contributed by atoms with Crippen molar-refractivity contribution in [3.8, 4) is 11.5 Å². The van der Waals surface area contributed by atoms with Crippen LogP contribution in [-0.2, 0) is 10.1 Å². The van der Waals surface area contributed by atoms with Crippen molar-refractivity contribution >= 4 is 32.9 Å². The Morgan fingerprint density at radius 1 is 0.774 bits per heavy atom. The molecule has 3 aromatic carbocycles. The lowest BCUT2D eigenvalue weighted by Gasteiger charge is -2.07. The Kier molecular flexibility index (Phi) is 6.73. The lowest BCUT2D eigenvalue weighted by atomic mass is 10.1. The first-order valence-corrected chi connectivity index (χ1v) is 10.5. The van der Waals surface area contributed by atoms with E-state index in [1.54, 1.807) is 49.6 Å². The summed E-state index contributed by atoms with van der Waals surface area (Å²) in [6, 6.07) is 16.1. The van der Waals surface area contributed by atoms with Gasteiger partial charge in [0.15, 0.2) is 0 Å². The summed E-state index contributed by atoms with van der Waals surface area (Å²) in [5.74, 6) is 1.17. The van der Waals surface area contributed by atoms with E-state index >= 15 is 0 Å². The summed E-state index contributed by atoms with van der Waals surface area (Å²) in [5, 5.41) is 16.7. The molecule has 9 nitrogen and oxygen atoms in total. The highest BCUT2D eigenvalue weighted by Crippen LogP contribution is 2.36. The van der Waals surface area contributed by atoms with Crippen LogP contribution in [-0.4, -0.2) is 27.2 Å². The summed E-state index contributed by atoms with van der Waals surface area (Å²) in [6.07, 6.45) is 0. The highest BCUT2D eigenvalue weighted by atomic mass is 32.2. The van der Waals surface area contributed by atoms with Gasteiger partial charge < -0.3 is 9.47 Å². The maximum absolute atomic E-state index is 11.3. The van der Waals surface area contributed by atoms with E-state index in [1.807, 2.05) is 6.92 Å². The zero-order chi connectivity index (χ0) is 22.4. The molecule has 0 atom stereocenters. The second kappa shape index (κ2) is 9.45. The van der Waals surface area contributed by atoms with Gasteiger partial charge in [-0.25, -0.2) is 0 Å². The van der Waals surface area contributed by atoms with Crippen LogP contribution in [0.4, 0.5) is 22.7 Å². The molecule has 0 bridgehead atoms. The van der Waals surface area contributed by atoms with E-state index in [9.17, 15) is 8.42 Å². The largest absolute Gasteiger partial charge is 0.497 e. The molecular formula is C21H20N4O5S. The van der Waals surface area contributed by atoms with Crippen molar-refractivity contribution < 1.29 is 22.4 Å². The zero-order valence-corrected chi connectivity index (χ0v) is 17.9. The fraction of sp³-hybridized carbons (Fsp3) is 0.143. The normalized spacial score (nSPS) is 11.9. The number of azo groups is 2. The van der Waals surface area contributed by atoms with Gasteiger partial charge in [0.2, 0.25) is 0 Å². The summed E-state index contributed by atoms with van der Waals surface area (Å²) in [6.45, 7) is 1.83. The smallest absolute Gasteiger partial charge is 0.294 e. The number of hydrogen-bond donors (Lipinski definition) is 1. The molecule has 0 fully saturated rings. The Morgan fingerprint density at radius 3 is 2.10 bits per heavy atom. The van der Waals surface area contributed by atoms with Crippen molar-refractivity contribution in [2.45, 2.75) is 11.8 Å². The van der Waals surface area contributed by atoms with Crippen molar-refractivity contribution in [1.29, 1.82) is 0 Å². The third kappa shape index (κ3) is 5.71. The van der Waals surface area contributed by atoms with Gasteiger partial charge in [-0.2, -0.15) is 23.8 Å². The van der Waals surface area contributed by atoms with Crippen LogP contribution in [0.15, 0.2) is 86.0 Å². The molecule has 0 aliphatic heterocycles. The van der Waals surface area contributed by atoms with E-state index < -0.39 is 10.1 Å². The molecular weight excluding hydrogens is 420 g/mol. The molecule has 1 N–H and O–H groups in total. The first-order chi connectivity index (χ1) is 14.8. The fourth-order valence-electron chi connectivity index (χ4n) is 2.59. The summed E-state index contributed by atoms with van der Waals surface area (Å²) in [7, 11) is -1.22. The minimum Gasteiger partial charge on any atom is -0.497 e. The van der Waals surface area contributed by atoms with E-state index in [2.05, 4.69) is 20.5 Å². The third-order valence-electron chi connectivity index (χ3n) is 4.23. The maximum atomic E-state index is 11.3. The second-order valence-corrected chi connectivity index (χ2v) is 7.80. The Balaban J connectivity index is 1.86. The van der Waals surface area contributed by atoms with E-state index in [0.29, 0.717) is 22.8 Å². The Bertz CT molecular complexity index is 1240. The summed E-state index contributed by atoms with van der Waals surface area (Å²) in [5.41, 5.74) is 2.72. The minimum absolute atomic E-state index is 0.257. The summed E-state index contributed by atoms with van der Waals surface area (Å²) < 4.78 is 42.2. The van der Waals surface area contributed by atoms with Gasteiger partial charge in [0.25, 0.3) is 10.1 Å². The average molecular weight is 440 g/mol. The Morgan fingerprint density at radius 2 is 1.45 bits per heavy atom. The van der Waals surface area contributed by atoms with Crippen molar-refractivity contribution in [2.24, 2.45) is 20.5 Å². The number of rotatable bonds is 7. The van der Waals surface area contributed by atoms with Gasteiger partial charge in [-0.05, 0) is 61.0 Å². The van der Waals surface area contributed by atoms with Crippen LogP contribution in [0.25, 0.3) is 0 Å². The van der Waals surface area contributed by atoms with E-state index in [4.69, 9.17) is 14.0 Å². The number of aryl methyl sites for hydroxylation is 1. The van der Waals surface area contributed by atoms with E-state index in [1.165, 1.54) is 25.3 Å². The molecule has 0 aliphatic carbocycles. The van der Waals surface area contributed by atoms with E-state index in [-0.39, 0.29) is 10.6 Å². The summed E-state index contributed by atoms with van der Waals surface area (Å²) in [4.78, 5) is -0.257. The lowest BCUT2D eigenvalue weighted by molar-refractivity contribution is 0.414. The molecule has 0 aromatic heterocycles. The number of methoxy groups -OCH3 is 2. The number of nitrogens with zero attached hydrogens (tertiary/aromatic N) is 4. The van der Waals surface area contributed by atoms with Crippen LogP contribution in [0, 0.1) is 6.92 Å². The van der Waals surface area contributed by atoms with Gasteiger partial charge in [-0.3, -0.25) is 4.55 Å². The molecule has 0 radical (unpaired) electrons. The molecule has 0 heterocycles. The predicted octanol–water partition coefficient (Wildman–Crippen LogP) is 6.09. The first kappa shape index (κ1) is 22.1. The van der Waals surface area contributed by atoms with Gasteiger partial charge in [-0.1, -0.05) is 6.07 Å². The van der Waals surface area contributed by atoms with Gasteiger partial charge in [0, 0.05) is 6.07 Å². The van der Waals surface area contributed by atoms with Crippen LogP contribution in [0.3, 0.4) is 0 Å². The molecule has 0 saturated heterocycles. The minimum atomic E-state index is -4.32. The lowest BCUT2D eigenvalue weighted by Crippen LogP contribution is -1.96. The molecule has 0 saturated carbocycles. The molecule has 3 rings (SSSR count). The van der Waals surface area contributed by atoms with Crippen LogP contribution < -0.4 is 9.47 Å². The molecule has 0 spiro atoms. The SMILES string of the molecule is COc1ccc(N=Nc2cc(C)c(N=Nc3cccc(S(=O)(=O)O)c3)cc2OC)cc1. The standard InChI is InChI=1S/C21H20N4O5S/c1-14-11-20(25-22-15-7-9-17(29-2)10-8-15)21(30-3)13-19(14)24-23-16-5-4-6-18(12-16)31(26,27)28/h4-13H,1-3H3,(H,26,27,28). The van der Waals surface area contributed by atoms with Crippen LogP contribution in [0.5, 0.6) is 11.5 Å². The Labute approximate surface area is 179 Å². The van der Waals surface area contributed by atoms with Gasteiger partial charge in [-0.15, -0.1) is 5.11 Å². The predicted molar refractivity (Wildman–Crippen MR) is 115 cm³/mol. The molecule has 31 heavy (non-hydrogen) atoms. The molecule has 10 heteroatoms. The van der Waals surface area contributed by atoms with Gasteiger partial charge in [0.1, 0.15) is 17.2 Å². The van der Waals surface area contributed by atoms with Gasteiger partial charge in [0.05, 0.1) is 36.2 Å². The molecule has 0 aliphatic rings. The topological polar surface area (TPSA) is 122 Å². The van der Waals surface area contributed by atoms with Crippen LogP contribution in [0.2, 0.25) is 0 Å². The quantitative estimate of drug-likeness (QED) is 0.352. The van der Waals surface area contributed by atoms with Crippen LogP contribution in [0.1, 0.15) is 5.56 Å². The third-order valence-corrected chi connectivity index (χ3v) is 5.08. The van der Waals surface area contributed by atoms with Crippen molar-refractivity contribution in [1.82, 2.24) is 0 Å². The van der Waals surface area contributed by atoms with Crippen molar-refractivity contribution in [2.75, 3.05) is 14.2 Å². The monoisotopic (exact) mass is 440 g/mol. The maximum Gasteiger partial charge on any atom is 0.294 e. The highest BCUT2D eigenvalue weighted by Gasteiger charge is 2.10. The average Bonchev–Trinajstić information content (AvgIpc) is 2.77.